The summed E-state index contributed by atoms with van der Waals surface area (Å²) in [5.74, 6) is -1.32. The smallest absolute Gasteiger partial charge is 0.321 e. The molecule has 1 fully saturated rings. The Morgan fingerprint density at radius 2 is 2.00 bits per heavy atom. The van der Waals surface area contributed by atoms with Crippen molar-refractivity contribution in [3.63, 3.8) is 0 Å². The van der Waals surface area contributed by atoms with E-state index in [9.17, 15) is 9.59 Å². The number of benzene rings is 1. The molecule has 1 aromatic rings. The molecule has 0 aromatic heterocycles. The molecule has 1 aliphatic heterocycles. The maximum Gasteiger partial charge on any atom is 0.321 e. The number of rotatable bonds is 2. The third kappa shape index (κ3) is 2.76. The minimum absolute atomic E-state index is 0.0168. The Morgan fingerprint density at radius 3 is 2.60 bits per heavy atom. The van der Waals surface area contributed by atoms with Gasteiger partial charge in [-0.05, 0) is 37.0 Å². The normalized spacial score (nSPS) is 21.9. The number of hydrogen-bond donors (Lipinski definition) is 2. The van der Waals surface area contributed by atoms with Crippen molar-refractivity contribution in [2.24, 2.45) is 11.8 Å². The number of urea groups is 1. The third-order valence-electron chi connectivity index (χ3n) is 4.06. The molecular formula is C15H20N2O3. The number of aryl methyl sites for hydroxylation is 1. The largest absolute Gasteiger partial charge is 0.481 e. The van der Waals surface area contributed by atoms with Crippen LogP contribution in [0.25, 0.3) is 0 Å². The monoisotopic (exact) mass is 276 g/mol. The van der Waals surface area contributed by atoms with Crippen LogP contribution in [-0.4, -0.2) is 35.1 Å². The fraction of sp³-hybridized carbons (Fsp3) is 0.467. The Kier molecular flexibility index (Phi) is 3.97. The van der Waals surface area contributed by atoms with Gasteiger partial charge in [-0.3, -0.25) is 4.79 Å². The number of aliphatic carboxylic acids is 1. The summed E-state index contributed by atoms with van der Waals surface area (Å²) in [4.78, 5) is 24.9. The van der Waals surface area contributed by atoms with E-state index < -0.39 is 11.9 Å². The second-order valence-electron chi connectivity index (χ2n) is 5.50. The van der Waals surface area contributed by atoms with Gasteiger partial charge in [0.1, 0.15) is 0 Å². The fourth-order valence-electron chi connectivity index (χ4n) is 2.53. The summed E-state index contributed by atoms with van der Waals surface area (Å²) in [6.45, 7) is 6.56. The number of carbonyl (C=O) groups is 2. The van der Waals surface area contributed by atoms with E-state index in [2.05, 4.69) is 5.32 Å². The van der Waals surface area contributed by atoms with Gasteiger partial charge in [-0.25, -0.2) is 4.79 Å². The van der Waals surface area contributed by atoms with Crippen molar-refractivity contribution in [1.29, 1.82) is 0 Å². The van der Waals surface area contributed by atoms with Gasteiger partial charge >= 0.3 is 12.0 Å². The molecule has 2 unspecified atom stereocenters. The summed E-state index contributed by atoms with van der Waals surface area (Å²) >= 11 is 0. The van der Waals surface area contributed by atoms with E-state index >= 15 is 0 Å². The van der Waals surface area contributed by atoms with E-state index in [1.54, 1.807) is 4.90 Å². The van der Waals surface area contributed by atoms with Gasteiger partial charge in [0, 0.05) is 18.8 Å². The molecule has 5 heteroatoms. The molecule has 1 aliphatic rings. The maximum atomic E-state index is 12.2. The molecule has 0 aliphatic carbocycles. The molecule has 20 heavy (non-hydrogen) atoms. The van der Waals surface area contributed by atoms with E-state index in [-0.39, 0.29) is 18.5 Å². The van der Waals surface area contributed by atoms with Crippen LogP contribution < -0.4 is 5.32 Å². The van der Waals surface area contributed by atoms with Crippen LogP contribution >= 0.6 is 0 Å². The first kappa shape index (κ1) is 14.4. The van der Waals surface area contributed by atoms with Crippen molar-refractivity contribution in [2.45, 2.75) is 20.8 Å². The third-order valence-corrected chi connectivity index (χ3v) is 4.06. The zero-order chi connectivity index (χ0) is 14.9. The van der Waals surface area contributed by atoms with Crippen LogP contribution in [0.5, 0.6) is 0 Å². The molecule has 0 saturated carbocycles. The van der Waals surface area contributed by atoms with Crippen LogP contribution in [-0.2, 0) is 4.79 Å². The average Bonchev–Trinajstić information content (AvgIpc) is 2.77. The SMILES string of the molecule is Cc1cccc(NC(=O)N2CC(C)C(C(=O)O)C2)c1C. The fourth-order valence-corrected chi connectivity index (χ4v) is 2.53. The highest BCUT2D eigenvalue weighted by Crippen LogP contribution is 2.25. The van der Waals surface area contributed by atoms with Gasteiger partial charge in [-0.2, -0.15) is 0 Å². The molecule has 0 radical (unpaired) electrons. The molecule has 5 nitrogen and oxygen atoms in total. The van der Waals surface area contributed by atoms with Crippen molar-refractivity contribution in [3.05, 3.63) is 29.3 Å². The van der Waals surface area contributed by atoms with E-state index in [4.69, 9.17) is 5.11 Å². The van der Waals surface area contributed by atoms with Crippen molar-refractivity contribution in [3.8, 4) is 0 Å². The number of amides is 2. The van der Waals surface area contributed by atoms with Crippen LogP contribution in [0.2, 0.25) is 0 Å². The molecule has 0 spiro atoms. The quantitative estimate of drug-likeness (QED) is 0.872. The molecule has 1 aromatic carbocycles. The summed E-state index contributed by atoms with van der Waals surface area (Å²) in [6, 6.07) is 5.51. The number of nitrogens with one attached hydrogen (secondary N) is 1. The van der Waals surface area contributed by atoms with Gasteiger partial charge in [0.15, 0.2) is 0 Å². The second-order valence-corrected chi connectivity index (χ2v) is 5.50. The Labute approximate surface area is 118 Å². The number of carbonyl (C=O) groups excluding carboxylic acids is 1. The van der Waals surface area contributed by atoms with Gasteiger partial charge < -0.3 is 15.3 Å². The zero-order valence-corrected chi connectivity index (χ0v) is 12.0. The molecule has 2 rings (SSSR count). The highest BCUT2D eigenvalue weighted by atomic mass is 16.4. The topological polar surface area (TPSA) is 69.6 Å². The highest BCUT2D eigenvalue weighted by molar-refractivity contribution is 5.91. The van der Waals surface area contributed by atoms with Crippen LogP contribution in [0, 0.1) is 25.7 Å². The van der Waals surface area contributed by atoms with Crippen molar-refractivity contribution in [2.75, 3.05) is 18.4 Å². The number of nitrogens with zero attached hydrogens (tertiary/aromatic N) is 1. The molecule has 1 heterocycles. The molecular weight excluding hydrogens is 256 g/mol. The Hall–Kier alpha value is -2.04. The van der Waals surface area contributed by atoms with Crippen LogP contribution in [0.3, 0.4) is 0 Å². The first-order valence-electron chi connectivity index (χ1n) is 6.75. The molecule has 2 N–H and O–H groups in total. The first-order chi connectivity index (χ1) is 9.40. The molecule has 2 amide bonds. The summed E-state index contributed by atoms with van der Waals surface area (Å²) in [7, 11) is 0. The van der Waals surface area contributed by atoms with Gasteiger partial charge in [-0.1, -0.05) is 19.1 Å². The number of carboxylic acid groups (broad SMARTS) is 1. The standard InChI is InChI=1S/C15H20N2O3/c1-9-5-4-6-13(11(9)3)16-15(20)17-7-10(2)12(8-17)14(18)19/h4-6,10,12H,7-8H2,1-3H3,(H,16,20)(H,18,19). The maximum absolute atomic E-state index is 12.2. The van der Waals surface area contributed by atoms with E-state index in [1.807, 2.05) is 39.0 Å². The lowest BCUT2D eigenvalue weighted by molar-refractivity contribution is -0.142. The molecule has 2 atom stereocenters. The molecule has 108 valence electrons. The predicted octanol–water partition coefficient (Wildman–Crippen LogP) is 2.49. The molecule has 0 bridgehead atoms. The van der Waals surface area contributed by atoms with Crippen molar-refractivity contribution >= 4 is 17.7 Å². The van der Waals surface area contributed by atoms with Crippen LogP contribution in [0.15, 0.2) is 18.2 Å². The number of anilines is 1. The van der Waals surface area contributed by atoms with E-state index in [0.717, 1.165) is 16.8 Å². The summed E-state index contributed by atoms with van der Waals surface area (Å²) in [6.07, 6.45) is 0. The highest BCUT2D eigenvalue weighted by Gasteiger charge is 2.37. The van der Waals surface area contributed by atoms with E-state index in [1.165, 1.54) is 0 Å². The summed E-state index contributed by atoms with van der Waals surface area (Å²) in [5.41, 5.74) is 2.92. The number of hydrogen-bond acceptors (Lipinski definition) is 2. The van der Waals surface area contributed by atoms with Crippen molar-refractivity contribution in [1.82, 2.24) is 4.90 Å². The Bertz CT molecular complexity index is 542. The predicted molar refractivity (Wildman–Crippen MR) is 76.8 cm³/mol. The minimum Gasteiger partial charge on any atom is -0.481 e. The summed E-state index contributed by atoms with van der Waals surface area (Å²) in [5, 5.41) is 12.0. The zero-order valence-electron chi connectivity index (χ0n) is 12.0. The average molecular weight is 276 g/mol. The van der Waals surface area contributed by atoms with Crippen molar-refractivity contribution < 1.29 is 14.7 Å². The number of likely N-dealkylation sites (tertiary alicyclic amines) is 1. The lowest BCUT2D eigenvalue weighted by Gasteiger charge is -2.18. The summed E-state index contributed by atoms with van der Waals surface area (Å²) < 4.78 is 0. The van der Waals surface area contributed by atoms with Gasteiger partial charge in [0.25, 0.3) is 0 Å². The van der Waals surface area contributed by atoms with Gasteiger partial charge in [0.05, 0.1) is 5.92 Å². The second kappa shape index (κ2) is 5.53. The Balaban J connectivity index is 2.06. The minimum atomic E-state index is -0.834. The van der Waals surface area contributed by atoms with Crippen LogP contribution in [0.4, 0.5) is 10.5 Å². The lowest BCUT2D eigenvalue weighted by Crippen LogP contribution is -2.34. The van der Waals surface area contributed by atoms with Gasteiger partial charge in [0.2, 0.25) is 0 Å². The van der Waals surface area contributed by atoms with Crippen LogP contribution in [0.1, 0.15) is 18.1 Å². The Morgan fingerprint density at radius 1 is 1.30 bits per heavy atom. The number of carboxylic acids is 1. The molecule has 1 saturated heterocycles. The van der Waals surface area contributed by atoms with Gasteiger partial charge in [-0.15, -0.1) is 0 Å². The lowest BCUT2D eigenvalue weighted by atomic mass is 9.99. The first-order valence-corrected chi connectivity index (χ1v) is 6.75. The van der Waals surface area contributed by atoms with E-state index in [0.29, 0.717) is 6.54 Å².